The number of fused-ring (bicyclic) bond motifs is 1. The number of aromatic amines is 1. The van der Waals surface area contributed by atoms with E-state index in [9.17, 15) is 4.79 Å². The molecule has 1 N–H and O–H groups in total. The monoisotopic (exact) mass is 405 g/mol. The minimum atomic E-state index is -0.117. The second kappa shape index (κ2) is 6.81. The van der Waals surface area contributed by atoms with Crippen LogP contribution in [0.25, 0.3) is 26.8 Å². The minimum absolute atomic E-state index is 0.117. The zero-order chi connectivity index (χ0) is 19.1. The summed E-state index contributed by atoms with van der Waals surface area (Å²) in [5.41, 5.74) is 5.05. The van der Waals surface area contributed by atoms with Gasteiger partial charge >= 0.3 is 0 Å². The molecule has 138 valence electrons. The van der Waals surface area contributed by atoms with E-state index in [1.165, 1.54) is 4.52 Å². The number of rotatable bonds is 4. The van der Waals surface area contributed by atoms with Gasteiger partial charge in [-0.2, -0.15) is 0 Å². The molecular weight excluding hydrogens is 390 g/mol. The summed E-state index contributed by atoms with van der Waals surface area (Å²) in [6.07, 6.45) is 4.06. The van der Waals surface area contributed by atoms with Crippen LogP contribution in [-0.2, 0) is 6.42 Å². The average molecular weight is 406 g/mol. The molecule has 0 aliphatic carbocycles. The van der Waals surface area contributed by atoms with Crippen molar-refractivity contribution in [3.63, 3.8) is 0 Å². The van der Waals surface area contributed by atoms with E-state index in [4.69, 9.17) is 4.98 Å². The number of pyridine rings is 1. The number of nitrogens with one attached hydrogen (secondary N) is 1. The summed E-state index contributed by atoms with van der Waals surface area (Å²) in [6, 6.07) is 9.48. The molecule has 0 aliphatic heterocycles. The van der Waals surface area contributed by atoms with Crippen LogP contribution < -0.4 is 5.56 Å². The van der Waals surface area contributed by atoms with Crippen molar-refractivity contribution in [3.8, 4) is 21.1 Å². The Kier molecular flexibility index (Phi) is 4.14. The van der Waals surface area contributed by atoms with Gasteiger partial charge in [0.2, 0.25) is 0 Å². The maximum atomic E-state index is 12.6. The lowest BCUT2D eigenvalue weighted by atomic mass is 10.2. The first-order valence-electron chi connectivity index (χ1n) is 8.69. The van der Waals surface area contributed by atoms with Crippen LogP contribution in [0, 0.1) is 6.92 Å². The summed E-state index contributed by atoms with van der Waals surface area (Å²) in [7, 11) is 0. The lowest BCUT2D eigenvalue weighted by Gasteiger charge is -1.99. The quantitative estimate of drug-likeness (QED) is 0.487. The van der Waals surface area contributed by atoms with Crippen LogP contribution in [0.5, 0.6) is 0 Å². The van der Waals surface area contributed by atoms with Crippen LogP contribution in [-0.4, -0.2) is 24.6 Å². The highest BCUT2D eigenvalue weighted by Crippen LogP contribution is 2.28. The Morgan fingerprint density at radius 1 is 1.14 bits per heavy atom. The fraction of sp³-hybridized carbons (Fsp3) is 0.100. The van der Waals surface area contributed by atoms with Gasteiger partial charge in [0, 0.05) is 41.4 Å². The second-order valence-electron chi connectivity index (χ2n) is 6.40. The first-order chi connectivity index (χ1) is 13.7. The summed E-state index contributed by atoms with van der Waals surface area (Å²) >= 11 is 3.20. The van der Waals surface area contributed by atoms with Gasteiger partial charge in [0.1, 0.15) is 5.01 Å². The Morgan fingerprint density at radius 2 is 2.07 bits per heavy atom. The lowest BCUT2D eigenvalue weighted by Crippen LogP contribution is -2.16. The van der Waals surface area contributed by atoms with E-state index in [-0.39, 0.29) is 5.56 Å². The van der Waals surface area contributed by atoms with Crippen LogP contribution >= 0.6 is 22.7 Å². The van der Waals surface area contributed by atoms with E-state index in [2.05, 4.69) is 15.1 Å². The number of hydrogen-bond acceptors (Lipinski definition) is 6. The summed E-state index contributed by atoms with van der Waals surface area (Å²) in [5, 5.41) is 8.12. The number of aryl methyl sites for hydroxylation is 1. The van der Waals surface area contributed by atoms with Gasteiger partial charge in [-0.15, -0.1) is 22.7 Å². The largest absolute Gasteiger partial charge is 0.288 e. The highest BCUT2D eigenvalue weighted by atomic mass is 32.1. The zero-order valence-electron chi connectivity index (χ0n) is 14.9. The van der Waals surface area contributed by atoms with Crippen LogP contribution in [0.4, 0.5) is 0 Å². The maximum absolute atomic E-state index is 12.6. The van der Waals surface area contributed by atoms with Gasteiger partial charge in [-0.3, -0.25) is 14.9 Å². The molecule has 5 aromatic heterocycles. The predicted octanol–water partition coefficient (Wildman–Crippen LogP) is 4.17. The van der Waals surface area contributed by atoms with E-state index >= 15 is 0 Å². The van der Waals surface area contributed by atoms with Crippen molar-refractivity contribution in [2.24, 2.45) is 0 Å². The van der Waals surface area contributed by atoms with Crippen molar-refractivity contribution in [3.05, 3.63) is 80.8 Å². The molecule has 0 aliphatic rings. The van der Waals surface area contributed by atoms with E-state index < -0.39 is 0 Å². The van der Waals surface area contributed by atoms with Gasteiger partial charge in [-0.25, -0.2) is 14.5 Å². The van der Waals surface area contributed by atoms with Crippen LogP contribution in [0.1, 0.15) is 17.0 Å². The fourth-order valence-electron chi connectivity index (χ4n) is 3.14. The third kappa shape index (κ3) is 2.96. The fourth-order valence-corrected chi connectivity index (χ4v) is 4.73. The summed E-state index contributed by atoms with van der Waals surface area (Å²) in [6.45, 7) is 1.99. The number of H-pyrrole nitrogens is 1. The topological polar surface area (TPSA) is 75.9 Å². The van der Waals surface area contributed by atoms with Gasteiger partial charge in [0.15, 0.2) is 5.65 Å². The van der Waals surface area contributed by atoms with Crippen molar-refractivity contribution in [1.29, 1.82) is 0 Å². The molecule has 6 nitrogen and oxygen atoms in total. The number of nitrogens with zero attached hydrogens (tertiary/aromatic N) is 4. The molecule has 0 bridgehead atoms. The SMILES string of the molecule is Cc1c(-c2cccs2)[nH]n2c(=O)cc(Cc3csc(-c4cccnc4)n3)nc12. The molecule has 0 atom stereocenters. The van der Waals surface area contributed by atoms with E-state index in [1.54, 1.807) is 41.1 Å². The summed E-state index contributed by atoms with van der Waals surface area (Å²) in [5.74, 6) is 0. The normalized spacial score (nSPS) is 11.3. The van der Waals surface area contributed by atoms with Gasteiger partial charge < -0.3 is 0 Å². The molecule has 8 heteroatoms. The molecule has 0 saturated carbocycles. The van der Waals surface area contributed by atoms with Gasteiger partial charge in [-0.1, -0.05) is 6.07 Å². The first kappa shape index (κ1) is 17.0. The zero-order valence-corrected chi connectivity index (χ0v) is 16.5. The molecular formula is C20H15N5OS2. The third-order valence-corrected chi connectivity index (χ3v) is 6.32. The Morgan fingerprint density at radius 3 is 2.86 bits per heavy atom. The van der Waals surface area contributed by atoms with Crippen molar-refractivity contribution >= 4 is 28.3 Å². The number of hydrogen-bond donors (Lipinski definition) is 1. The van der Waals surface area contributed by atoms with Gasteiger partial charge in [0.05, 0.1) is 22.0 Å². The molecule has 0 aromatic carbocycles. The molecule has 0 spiro atoms. The highest BCUT2D eigenvalue weighted by Gasteiger charge is 2.15. The lowest BCUT2D eigenvalue weighted by molar-refractivity contribution is 0.881. The molecule has 5 aromatic rings. The second-order valence-corrected chi connectivity index (χ2v) is 8.20. The van der Waals surface area contributed by atoms with E-state index in [0.29, 0.717) is 17.8 Å². The van der Waals surface area contributed by atoms with Crippen LogP contribution in [0.15, 0.2) is 58.3 Å². The highest BCUT2D eigenvalue weighted by molar-refractivity contribution is 7.13. The Hall–Kier alpha value is -3.10. The molecule has 28 heavy (non-hydrogen) atoms. The molecule has 5 heterocycles. The Labute approximate surface area is 168 Å². The standard InChI is InChI=1S/C20H15N5OS2/c1-12-18(16-5-3-7-27-16)24-25-17(26)9-14(22-19(12)25)8-15-11-28-20(23-15)13-4-2-6-21-10-13/h2-7,9-11,24H,8H2,1H3. The molecule has 5 rings (SSSR count). The van der Waals surface area contributed by atoms with E-state index in [1.807, 2.05) is 41.9 Å². The number of thiophene rings is 1. The van der Waals surface area contributed by atoms with Gasteiger partial charge in [-0.05, 0) is 30.5 Å². The molecule has 0 amide bonds. The molecule has 0 unspecified atom stereocenters. The summed E-state index contributed by atoms with van der Waals surface area (Å²) in [4.78, 5) is 27.3. The molecule has 0 saturated heterocycles. The third-order valence-electron chi connectivity index (χ3n) is 4.50. The summed E-state index contributed by atoms with van der Waals surface area (Å²) < 4.78 is 1.51. The Balaban J connectivity index is 1.51. The maximum Gasteiger partial charge on any atom is 0.272 e. The minimum Gasteiger partial charge on any atom is -0.288 e. The number of thiazole rings is 1. The first-order valence-corrected chi connectivity index (χ1v) is 10.4. The van der Waals surface area contributed by atoms with Crippen LogP contribution in [0.3, 0.4) is 0 Å². The van der Waals surface area contributed by atoms with Gasteiger partial charge in [0.25, 0.3) is 5.56 Å². The average Bonchev–Trinajstić information content (AvgIpc) is 3.44. The Bertz CT molecular complexity index is 1320. The predicted molar refractivity (Wildman–Crippen MR) is 112 cm³/mol. The van der Waals surface area contributed by atoms with Crippen molar-refractivity contribution in [1.82, 2.24) is 24.6 Å². The van der Waals surface area contributed by atoms with Crippen molar-refractivity contribution < 1.29 is 0 Å². The van der Waals surface area contributed by atoms with Crippen LogP contribution in [0.2, 0.25) is 0 Å². The van der Waals surface area contributed by atoms with E-state index in [0.717, 1.165) is 32.4 Å². The van der Waals surface area contributed by atoms with Crippen molar-refractivity contribution in [2.75, 3.05) is 0 Å². The smallest absolute Gasteiger partial charge is 0.272 e. The van der Waals surface area contributed by atoms with Crippen molar-refractivity contribution in [2.45, 2.75) is 13.3 Å². The number of aromatic nitrogens is 5. The molecule has 0 fully saturated rings. The molecule has 0 radical (unpaired) electrons.